The standard InChI is InChI=1S/C32H24Cl2N2O4/c1-40-30-10-6-5-9-24(30)19-28(36-31(38)23-7-3-2-4-8-23)32(39)35-26-16-12-22(13-17-26)29(37)18-14-21-11-15-25(33)20-27(21)34/h2-20H,1H3,(H,35,39)(H,36,38)/b18-14+,28-19-. The Labute approximate surface area is 241 Å². The van der Waals surface area contributed by atoms with E-state index in [0.717, 1.165) is 0 Å². The predicted octanol–water partition coefficient (Wildman–Crippen LogP) is 7.31. The minimum atomic E-state index is -0.550. The van der Waals surface area contributed by atoms with Crippen molar-refractivity contribution in [3.05, 3.63) is 141 Å². The molecular formula is C32H24Cl2N2O4. The topological polar surface area (TPSA) is 84.5 Å². The van der Waals surface area contributed by atoms with E-state index >= 15 is 0 Å². The number of carbonyl (C=O) groups is 3. The van der Waals surface area contributed by atoms with Crippen LogP contribution in [0.25, 0.3) is 12.2 Å². The molecule has 0 atom stereocenters. The number of methoxy groups -OCH3 is 1. The maximum atomic E-state index is 13.3. The fourth-order valence-electron chi connectivity index (χ4n) is 3.70. The van der Waals surface area contributed by atoms with E-state index in [4.69, 9.17) is 27.9 Å². The molecule has 0 radical (unpaired) electrons. The van der Waals surface area contributed by atoms with E-state index in [0.29, 0.717) is 43.7 Å². The summed E-state index contributed by atoms with van der Waals surface area (Å²) in [5.41, 5.74) is 2.54. The Morgan fingerprint density at radius 3 is 2.17 bits per heavy atom. The molecule has 0 aliphatic carbocycles. The fourth-order valence-corrected chi connectivity index (χ4v) is 4.17. The number of benzene rings is 4. The van der Waals surface area contributed by atoms with Gasteiger partial charge < -0.3 is 15.4 Å². The number of allylic oxidation sites excluding steroid dienone is 1. The number of halogens is 2. The number of hydrogen-bond acceptors (Lipinski definition) is 4. The van der Waals surface area contributed by atoms with Gasteiger partial charge in [0.15, 0.2) is 5.78 Å². The van der Waals surface area contributed by atoms with Gasteiger partial charge in [0.25, 0.3) is 11.8 Å². The Hall–Kier alpha value is -4.65. The van der Waals surface area contributed by atoms with Crippen LogP contribution >= 0.6 is 23.2 Å². The van der Waals surface area contributed by atoms with E-state index in [2.05, 4.69) is 10.6 Å². The van der Waals surface area contributed by atoms with Crippen molar-refractivity contribution in [3.63, 3.8) is 0 Å². The van der Waals surface area contributed by atoms with Crippen LogP contribution in [-0.4, -0.2) is 24.7 Å². The zero-order chi connectivity index (χ0) is 28.5. The smallest absolute Gasteiger partial charge is 0.272 e. The first-order valence-corrected chi connectivity index (χ1v) is 12.9. The largest absolute Gasteiger partial charge is 0.496 e. The minimum Gasteiger partial charge on any atom is -0.496 e. The zero-order valence-corrected chi connectivity index (χ0v) is 22.9. The molecule has 0 aromatic heterocycles. The molecule has 0 aliphatic rings. The minimum absolute atomic E-state index is 0.0151. The van der Waals surface area contributed by atoms with Crippen molar-refractivity contribution in [3.8, 4) is 5.75 Å². The lowest BCUT2D eigenvalue weighted by atomic mass is 10.1. The molecule has 0 fully saturated rings. The van der Waals surface area contributed by atoms with E-state index in [9.17, 15) is 14.4 Å². The van der Waals surface area contributed by atoms with Crippen LogP contribution in [0.4, 0.5) is 5.69 Å². The molecule has 40 heavy (non-hydrogen) atoms. The van der Waals surface area contributed by atoms with Gasteiger partial charge in [-0.2, -0.15) is 0 Å². The number of ketones is 1. The average molecular weight is 571 g/mol. The third kappa shape index (κ3) is 7.47. The fraction of sp³-hybridized carbons (Fsp3) is 0.0312. The summed E-state index contributed by atoms with van der Waals surface area (Å²) in [7, 11) is 1.52. The molecule has 200 valence electrons. The molecule has 0 heterocycles. The van der Waals surface area contributed by atoms with Crippen LogP contribution < -0.4 is 15.4 Å². The van der Waals surface area contributed by atoms with Crippen LogP contribution in [0.1, 0.15) is 31.8 Å². The normalized spacial score (nSPS) is 11.2. The summed E-state index contributed by atoms with van der Waals surface area (Å²) in [6.07, 6.45) is 4.57. The maximum Gasteiger partial charge on any atom is 0.272 e. The van der Waals surface area contributed by atoms with Gasteiger partial charge in [-0.25, -0.2) is 0 Å². The Morgan fingerprint density at radius 2 is 1.48 bits per heavy atom. The van der Waals surface area contributed by atoms with Crippen molar-refractivity contribution in [1.29, 1.82) is 0 Å². The first-order valence-electron chi connectivity index (χ1n) is 12.1. The molecule has 0 aliphatic heterocycles. The van der Waals surface area contributed by atoms with Gasteiger partial charge in [-0.05, 0) is 78.4 Å². The van der Waals surface area contributed by atoms with Gasteiger partial charge in [0.05, 0.1) is 7.11 Å². The third-order valence-electron chi connectivity index (χ3n) is 5.77. The van der Waals surface area contributed by atoms with Crippen molar-refractivity contribution in [2.24, 2.45) is 0 Å². The lowest BCUT2D eigenvalue weighted by molar-refractivity contribution is -0.113. The van der Waals surface area contributed by atoms with Gasteiger partial charge in [-0.3, -0.25) is 14.4 Å². The first-order chi connectivity index (χ1) is 19.3. The summed E-state index contributed by atoms with van der Waals surface area (Å²) in [4.78, 5) is 38.8. The highest BCUT2D eigenvalue weighted by Crippen LogP contribution is 2.23. The summed E-state index contributed by atoms with van der Waals surface area (Å²) in [5.74, 6) is -0.690. The van der Waals surface area contributed by atoms with Crippen molar-refractivity contribution in [2.45, 2.75) is 0 Å². The second-order valence-electron chi connectivity index (χ2n) is 8.52. The van der Waals surface area contributed by atoms with Gasteiger partial charge in [-0.15, -0.1) is 0 Å². The summed E-state index contributed by atoms with van der Waals surface area (Å²) >= 11 is 12.1. The summed E-state index contributed by atoms with van der Waals surface area (Å²) in [6, 6.07) is 27.1. The van der Waals surface area contributed by atoms with Crippen LogP contribution in [0, 0.1) is 0 Å². The second-order valence-corrected chi connectivity index (χ2v) is 9.36. The van der Waals surface area contributed by atoms with E-state index in [1.165, 1.54) is 13.2 Å². The molecule has 4 rings (SSSR count). The molecule has 4 aromatic rings. The van der Waals surface area contributed by atoms with Crippen LogP contribution in [-0.2, 0) is 4.79 Å². The molecule has 0 saturated heterocycles. The average Bonchev–Trinajstić information content (AvgIpc) is 2.97. The number of para-hydroxylation sites is 1. The third-order valence-corrected chi connectivity index (χ3v) is 6.33. The van der Waals surface area contributed by atoms with Crippen molar-refractivity contribution in [1.82, 2.24) is 5.32 Å². The van der Waals surface area contributed by atoms with Crippen LogP contribution in [0.2, 0.25) is 10.0 Å². The highest BCUT2D eigenvalue weighted by molar-refractivity contribution is 6.35. The molecule has 0 bridgehead atoms. The summed E-state index contributed by atoms with van der Waals surface area (Å²) in [6.45, 7) is 0. The van der Waals surface area contributed by atoms with Gasteiger partial charge >= 0.3 is 0 Å². The van der Waals surface area contributed by atoms with Crippen molar-refractivity contribution in [2.75, 3.05) is 12.4 Å². The summed E-state index contributed by atoms with van der Waals surface area (Å²) in [5, 5.41) is 6.41. The monoisotopic (exact) mass is 570 g/mol. The maximum absolute atomic E-state index is 13.3. The molecule has 0 saturated carbocycles. The Morgan fingerprint density at radius 1 is 0.775 bits per heavy atom. The van der Waals surface area contributed by atoms with Gasteiger partial charge in [0, 0.05) is 32.4 Å². The molecule has 4 aromatic carbocycles. The number of nitrogens with one attached hydrogen (secondary N) is 2. The van der Waals surface area contributed by atoms with E-state index in [1.807, 2.05) is 0 Å². The zero-order valence-electron chi connectivity index (χ0n) is 21.4. The Kier molecular flexibility index (Phi) is 9.52. The SMILES string of the molecule is COc1ccccc1/C=C(\NC(=O)c1ccccc1)C(=O)Nc1ccc(C(=O)/C=C/c2ccc(Cl)cc2Cl)cc1. The number of carbonyl (C=O) groups excluding carboxylic acids is 3. The van der Waals surface area contributed by atoms with Crippen LogP contribution in [0.3, 0.4) is 0 Å². The summed E-state index contributed by atoms with van der Waals surface area (Å²) < 4.78 is 5.39. The lowest BCUT2D eigenvalue weighted by Crippen LogP contribution is -2.30. The molecular weight excluding hydrogens is 547 g/mol. The number of ether oxygens (including phenoxy) is 1. The number of hydrogen-bond donors (Lipinski definition) is 2. The number of amides is 2. The Bertz CT molecular complexity index is 1600. The second kappa shape index (κ2) is 13.4. The van der Waals surface area contributed by atoms with Crippen LogP contribution in [0.15, 0.2) is 109 Å². The highest BCUT2D eigenvalue weighted by Gasteiger charge is 2.16. The number of rotatable bonds is 9. The molecule has 0 spiro atoms. The van der Waals surface area contributed by atoms with E-state index in [1.54, 1.807) is 109 Å². The van der Waals surface area contributed by atoms with Crippen molar-refractivity contribution < 1.29 is 19.1 Å². The van der Waals surface area contributed by atoms with E-state index < -0.39 is 11.8 Å². The predicted molar refractivity (Wildman–Crippen MR) is 160 cm³/mol. The van der Waals surface area contributed by atoms with Gasteiger partial charge in [0.1, 0.15) is 11.4 Å². The number of anilines is 1. The highest BCUT2D eigenvalue weighted by atomic mass is 35.5. The lowest BCUT2D eigenvalue weighted by Gasteiger charge is -2.12. The van der Waals surface area contributed by atoms with Crippen LogP contribution in [0.5, 0.6) is 5.75 Å². The molecule has 6 nitrogen and oxygen atoms in total. The quantitative estimate of drug-likeness (QED) is 0.163. The molecule has 2 N–H and O–H groups in total. The Balaban J connectivity index is 1.52. The molecule has 8 heteroatoms. The molecule has 0 unspecified atom stereocenters. The van der Waals surface area contributed by atoms with Gasteiger partial charge in [0.2, 0.25) is 0 Å². The first kappa shape index (κ1) is 28.4. The molecule has 2 amide bonds. The van der Waals surface area contributed by atoms with Gasteiger partial charge in [-0.1, -0.05) is 65.7 Å². The van der Waals surface area contributed by atoms with E-state index in [-0.39, 0.29) is 11.5 Å². The van der Waals surface area contributed by atoms with Crippen molar-refractivity contribution >= 4 is 58.6 Å².